The molecule has 0 spiro atoms. The van der Waals surface area contributed by atoms with Crippen molar-refractivity contribution >= 4 is 5.97 Å². The Kier molecular flexibility index (Phi) is 4.25. The van der Waals surface area contributed by atoms with Crippen LogP contribution in [0.4, 0.5) is 4.39 Å². The van der Waals surface area contributed by atoms with Crippen LogP contribution in [0, 0.1) is 5.82 Å². The van der Waals surface area contributed by atoms with Crippen LogP contribution >= 0.6 is 0 Å². The molecule has 4 nitrogen and oxygen atoms in total. The summed E-state index contributed by atoms with van der Waals surface area (Å²) in [6, 6.07) is 3.54. The smallest absolute Gasteiger partial charge is 0.304 e. The summed E-state index contributed by atoms with van der Waals surface area (Å²) in [5.74, 6) is -0.844. The van der Waals surface area contributed by atoms with E-state index in [1.807, 2.05) is 0 Å². The summed E-state index contributed by atoms with van der Waals surface area (Å²) in [5, 5.41) is 8.56. The highest BCUT2D eigenvalue weighted by molar-refractivity contribution is 5.67. The molecule has 0 aliphatic heterocycles. The number of methoxy groups -OCH3 is 1. The molecule has 3 N–H and O–H groups in total. The number of carbonyl (C=O) groups is 1. The highest BCUT2D eigenvalue weighted by Gasteiger charge is 2.12. The number of halogens is 1. The van der Waals surface area contributed by atoms with Crippen molar-refractivity contribution < 1.29 is 19.0 Å². The lowest BCUT2D eigenvalue weighted by atomic mass is 10.0. The second-order valence-electron chi connectivity index (χ2n) is 3.52. The van der Waals surface area contributed by atoms with Gasteiger partial charge in [0.15, 0.2) is 0 Å². The van der Waals surface area contributed by atoms with Crippen molar-refractivity contribution in [3.05, 3.63) is 29.6 Å². The Labute approximate surface area is 92.8 Å². The molecule has 0 radical (unpaired) electrons. The monoisotopic (exact) mass is 227 g/mol. The van der Waals surface area contributed by atoms with Gasteiger partial charge < -0.3 is 15.6 Å². The first-order valence-electron chi connectivity index (χ1n) is 4.82. The van der Waals surface area contributed by atoms with Crippen LogP contribution in [-0.4, -0.2) is 24.2 Å². The van der Waals surface area contributed by atoms with Gasteiger partial charge in [0.2, 0.25) is 0 Å². The Morgan fingerprint density at radius 3 is 2.88 bits per heavy atom. The minimum atomic E-state index is -0.970. The predicted molar refractivity (Wildman–Crippen MR) is 56.9 cm³/mol. The Morgan fingerprint density at radius 2 is 2.31 bits per heavy atom. The van der Waals surface area contributed by atoms with Crippen molar-refractivity contribution in [2.75, 3.05) is 7.11 Å². The van der Waals surface area contributed by atoms with E-state index in [2.05, 4.69) is 0 Å². The second-order valence-corrected chi connectivity index (χ2v) is 3.52. The van der Waals surface area contributed by atoms with Crippen molar-refractivity contribution in [3.8, 4) is 5.75 Å². The topological polar surface area (TPSA) is 72.5 Å². The number of hydrogen-bond donors (Lipinski definition) is 2. The molecule has 1 atom stereocenters. The normalized spacial score (nSPS) is 12.2. The third-order valence-electron chi connectivity index (χ3n) is 2.16. The highest BCUT2D eigenvalue weighted by atomic mass is 19.1. The Hall–Kier alpha value is -1.62. The molecule has 0 amide bonds. The van der Waals surface area contributed by atoms with Crippen molar-refractivity contribution in [3.63, 3.8) is 0 Å². The number of hydrogen-bond acceptors (Lipinski definition) is 3. The fraction of sp³-hybridized carbons (Fsp3) is 0.364. The lowest BCUT2D eigenvalue weighted by Crippen LogP contribution is -2.26. The number of ether oxygens (including phenoxy) is 1. The number of rotatable bonds is 5. The quantitative estimate of drug-likeness (QED) is 0.792. The average molecular weight is 227 g/mol. The van der Waals surface area contributed by atoms with Crippen LogP contribution in [0.2, 0.25) is 0 Å². The first-order chi connectivity index (χ1) is 7.52. The van der Waals surface area contributed by atoms with Gasteiger partial charge in [0.05, 0.1) is 13.5 Å². The maximum absolute atomic E-state index is 13.0. The Balaban J connectivity index is 2.78. The average Bonchev–Trinajstić information content (AvgIpc) is 2.16. The van der Waals surface area contributed by atoms with Crippen molar-refractivity contribution in [1.82, 2.24) is 0 Å². The van der Waals surface area contributed by atoms with Crippen molar-refractivity contribution in [1.29, 1.82) is 0 Å². The van der Waals surface area contributed by atoms with Gasteiger partial charge in [-0.15, -0.1) is 0 Å². The molecule has 16 heavy (non-hydrogen) atoms. The number of carboxylic acid groups (broad SMARTS) is 1. The zero-order chi connectivity index (χ0) is 12.1. The molecule has 0 aliphatic carbocycles. The third kappa shape index (κ3) is 3.51. The summed E-state index contributed by atoms with van der Waals surface area (Å²) < 4.78 is 18.0. The van der Waals surface area contributed by atoms with Crippen LogP contribution in [0.5, 0.6) is 5.75 Å². The molecule has 1 aromatic rings. The van der Waals surface area contributed by atoms with Crippen LogP contribution in [0.1, 0.15) is 12.0 Å². The molecule has 5 heteroatoms. The van der Waals surface area contributed by atoms with E-state index >= 15 is 0 Å². The summed E-state index contributed by atoms with van der Waals surface area (Å²) in [7, 11) is 1.47. The molecule has 0 saturated heterocycles. The largest absolute Gasteiger partial charge is 0.496 e. The molecule has 0 bridgehead atoms. The molecule has 0 fully saturated rings. The minimum absolute atomic E-state index is 0.153. The van der Waals surface area contributed by atoms with Gasteiger partial charge in [0.25, 0.3) is 0 Å². The van der Waals surface area contributed by atoms with Gasteiger partial charge in [-0.05, 0) is 30.2 Å². The van der Waals surface area contributed by atoms with E-state index in [1.54, 1.807) is 0 Å². The molecular weight excluding hydrogens is 213 g/mol. The lowest BCUT2D eigenvalue weighted by molar-refractivity contribution is -0.137. The van der Waals surface area contributed by atoms with E-state index in [0.717, 1.165) is 0 Å². The minimum Gasteiger partial charge on any atom is -0.496 e. The molecule has 1 rings (SSSR count). The zero-order valence-corrected chi connectivity index (χ0v) is 8.94. The molecule has 0 heterocycles. The molecule has 88 valence electrons. The first kappa shape index (κ1) is 12.4. The molecule has 1 unspecified atom stereocenters. The number of nitrogens with two attached hydrogens (primary N) is 1. The van der Waals surface area contributed by atoms with Gasteiger partial charge in [0, 0.05) is 6.04 Å². The van der Waals surface area contributed by atoms with Gasteiger partial charge in [-0.1, -0.05) is 0 Å². The van der Waals surface area contributed by atoms with E-state index in [-0.39, 0.29) is 12.8 Å². The van der Waals surface area contributed by atoms with Gasteiger partial charge in [-0.2, -0.15) is 0 Å². The van der Waals surface area contributed by atoms with E-state index < -0.39 is 17.8 Å². The van der Waals surface area contributed by atoms with Crippen LogP contribution in [0.3, 0.4) is 0 Å². The Morgan fingerprint density at radius 1 is 1.62 bits per heavy atom. The first-order valence-corrected chi connectivity index (χ1v) is 4.82. The molecule has 0 aromatic heterocycles. The number of aliphatic carboxylic acids is 1. The summed E-state index contributed by atoms with van der Waals surface area (Å²) >= 11 is 0. The fourth-order valence-electron chi connectivity index (χ4n) is 1.49. The second kappa shape index (κ2) is 5.46. The highest BCUT2D eigenvalue weighted by Crippen LogP contribution is 2.20. The van der Waals surface area contributed by atoms with Crippen molar-refractivity contribution in [2.24, 2.45) is 5.73 Å². The molecule has 0 saturated carbocycles. The Bertz CT molecular complexity index is 381. The third-order valence-corrected chi connectivity index (χ3v) is 2.16. The number of benzene rings is 1. The summed E-state index contributed by atoms with van der Waals surface area (Å²) in [6.45, 7) is 0. The summed E-state index contributed by atoms with van der Waals surface area (Å²) in [5.41, 5.74) is 6.20. The summed E-state index contributed by atoms with van der Waals surface area (Å²) in [4.78, 5) is 10.4. The van der Waals surface area contributed by atoms with Gasteiger partial charge in [-0.25, -0.2) is 4.39 Å². The molecule has 0 aliphatic rings. The van der Waals surface area contributed by atoms with Crippen molar-refractivity contribution in [2.45, 2.75) is 18.9 Å². The lowest BCUT2D eigenvalue weighted by Gasteiger charge is -2.12. The van der Waals surface area contributed by atoms with Crippen LogP contribution in [0.25, 0.3) is 0 Å². The molecule has 1 aromatic carbocycles. The zero-order valence-electron chi connectivity index (χ0n) is 8.94. The van der Waals surface area contributed by atoms with Gasteiger partial charge >= 0.3 is 5.97 Å². The standard InChI is InChI=1S/C11H14FNO3/c1-16-10-3-2-8(12)4-7(10)5-9(13)6-11(14)15/h2-4,9H,5-6,13H2,1H3,(H,14,15). The summed E-state index contributed by atoms with van der Waals surface area (Å²) in [6.07, 6.45) is 0.118. The molecular formula is C11H14FNO3. The van der Waals surface area contributed by atoms with Crippen LogP contribution in [-0.2, 0) is 11.2 Å². The maximum Gasteiger partial charge on any atom is 0.304 e. The predicted octanol–water partition coefficient (Wildman–Crippen LogP) is 1.18. The van der Waals surface area contributed by atoms with E-state index in [4.69, 9.17) is 15.6 Å². The SMILES string of the molecule is COc1ccc(F)cc1CC(N)CC(=O)O. The van der Waals surface area contributed by atoms with Crippen LogP contribution in [0.15, 0.2) is 18.2 Å². The maximum atomic E-state index is 13.0. The number of carboxylic acids is 1. The van der Waals surface area contributed by atoms with E-state index in [0.29, 0.717) is 11.3 Å². The van der Waals surface area contributed by atoms with E-state index in [1.165, 1.54) is 25.3 Å². The van der Waals surface area contributed by atoms with Gasteiger partial charge in [0.1, 0.15) is 11.6 Å². The van der Waals surface area contributed by atoms with E-state index in [9.17, 15) is 9.18 Å². The fourth-order valence-corrected chi connectivity index (χ4v) is 1.49. The van der Waals surface area contributed by atoms with Crippen LogP contribution < -0.4 is 10.5 Å². The van der Waals surface area contributed by atoms with Gasteiger partial charge in [-0.3, -0.25) is 4.79 Å².